The summed E-state index contributed by atoms with van der Waals surface area (Å²) >= 11 is 0. The van der Waals surface area contributed by atoms with Crippen LogP contribution in [0.25, 0.3) is 11.4 Å². The number of benzene rings is 1. The zero-order valence-electron chi connectivity index (χ0n) is 10.4. The van der Waals surface area contributed by atoms with Gasteiger partial charge in [-0.15, -0.1) is 0 Å². The number of rotatable bonds is 2. The van der Waals surface area contributed by atoms with E-state index in [4.69, 9.17) is 11.0 Å². The molecule has 0 bridgehead atoms. The van der Waals surface area contributed by atoms with Crippen molar-refractivity contribution in [2.75, 3.05) is 24.7 Å². The topological polar surface area (TPSA) is 91.7 Å². The van der Waals surface area contributed by atoms with Crippen LogP contribution in [0.4, 0.5) is 16.3 Å². The van der Waals surface area contributed by atoms with Gasteiger partial charge in [0.1, 0.15) is 5.82 Å². The predicted molar refractivity (Wildman–Crippen MR) is 68.7 cm³/mol. The Bertz CT molecular complexity index is 662. The zero-order valence-corrected chi connectivity index (χ0v) is 10.4. The molecule has 2 rings (SSSR count). The fourth-order valence-electron chi connectivity index (χ4n) is 1.49. The minimum Gasteiger partial charge on any atom is -0.368 e. The monoisotopic (exact) mass is 258 g/mol. The van der Waals surface area contributed by atoms with Crippen molar-refractivity contribution >= 4 is 11.9 Å². The Kier molecular flexibility index (Phi) is 3.25. The molecular formula is C12H11FN6. The maximum atomic E-state index is 13.4. The molecule has 0 saturated carbocycles. The molecule has 0 saturated heterocycles. The Balaban J connectivity index is 2.59. The molecular weight excluding hydrogens is 247 g/mol. The van der Waals surface area contributed by atoms with E-state index in [1.54, 1.807) is 19.0 Å². The van der Waals surface area contributed by atoms with Gasteiger partial charge in [-0.25, -0.2) is 4.39 Å². The molecule has 96 valence electrons. The van der Waals surface area contributed by atoms with Gasteiger partial charge in [0.25, 0.3) is 0 Å². The minimum atomic E-state index is -0.528. The van der Waals surface area contributed by atoms with Crippen LogP contribution >= 0.6 is 0 Å². The van der Waals surface area contributed by atoms with Crippen molar-refractivity contribution in [3.05, 3.63) is 29.6 Å². The van der Waals surface area contributed by atoms with Gasteiger partial charge in [0, 0.05) is 19.7 Å². The highest BCUT2D eigenvalue weighted by atomic mass is 19.1. The van der Waals surface area contributed by atoms with Gasteiger partial charge in [-0.05, 0) is 18.2 Å². The van der Waals surface area contributed by atoms with Crippen molar-refractivity contribution in [3.8, 4) is 17.5 Å². The molecule has 19 heavy (non-hydrogen) atoms. The first-order valence-corrected chi connectivity index (χ1v) is 5.39. The van der Waals surface area contributed by atoms with Crippen LogP contribution in [0.5, 0.6) is 0 Å². The third-order valence-corrected chi connectivity index (χ3v) is 2.33. The first-order chi connectivity index (χ1) is 8.99. The molecule has 2 N–H and O–H groups in total. The van der Waals surface area contributed by atoms with Gasteiger partial charge >= 0.3 is 0 Å². The standard InChI is InChI=1S/C12H11FN6/c1-19(2)12-17-10(16-11(15)18-12)8-3-7(6-14)4-9(13)5-8/h3-5H,1-2H3,(H2,15,16,17,18). The average Bonchev–Trinajstić information content (AvgIpc) is 2.37. The highest BCUT2D eigenvalue weighted by molar-refractivity contribution is 5.60. The zero-order chi connectivity index (χ0) is 14.0. The minimum absolute atomic E-state index is 0.0384. The van der Waals surface area contributed by atoms with Crippen LogP contribution in [0, 0.1) is 17.1 Å². The summed E-state index contributed by atoms with van der Waals surface area (Å²) in [5, 5.41) is 8.83. The summed E-state index contributed by atoms with van der Waals surface area (Å²) in [7, 11) is 3.51. The van der Waals surface area contributed by atoms with Gasteiger partial charge in [-0.2, -0.15) is 20.2 Å². The maximum absolute atomic E-state index is 13.4. The third-order valence-electron chi connectivity index (χ3n) is 2.33. The fraction of sp³-hybridized carbons (Fsp3) is 0.167. The van der Waals surface area contributed by atoms with Crippen molar-refractivity contribution in [1.29, 1.82) is 5.26 Å². The Morgan fingerprint density at radius 3 is 2.58 bits per heavy atom. The molecule has 0 aliphatic heterocycles. The normalized spacial score (nSPS) is 10.0. The molecule has 1 aromatic heterocycles. The SMILES string of the molecule is CN(C)c1nc(N)nc(-c2cc(F)cc(C#N)c2)n1. The number of nitriles is 1. The largest absolute Gasteiger partial charge is 0.368 e. The van der Waals surface area contributed by atoms with Crippen LogP contribution in [0.15, 0.2) is 18.2 Å². The molecule has 0 amide bonds. The van der Waals surface area contributed by atoms with E-state index in [2.05, 4.69) is 15.0 Å². The third kappa shape index (κ3) is 2.74. The van der Waals surface area contributed by atoms with Gasteiger partial charge in [0.05, 0.1) is 11.6 Å². The van der Waals surface area contributed by atoms with Gasteiger partial charge in [-0.1, -0.05) is 0 Å². The first-order valence-electron chi connectivity index (χ1n) is 5.39. The second-order valence-corrected chi connectivity index (χ2v) is 4.05. The Morgan fingerprint density at radius 1 is 1.21 bits per heavy atom. The number of hydrogen-bond acceptors (Lipinski definition) is 6. The highest BCUT2D eigenvalue weighted by Gasteiger charge is 2.10. The number of halogens is 1. The molecule has 6 nitrogen and oxygen atoms in total. The van der Waals surface area contributed by atoms with Crippen molar-refractivity contribution < 1.29 is 4.39 Å². The van der Waals surface area contributed by atoms with Crippen molar-refractivity contribution in [3.63, 3.8) is 0 Å². The Morgan fingerprint density at radius 2 is 1.95 bits per heavy atom. The van der Waals surface area contributed by atoms with E-state index in [-0.39, 0.29) is 17.3 Å². The molecule has 0 atom stereocenters. The number of nitrogens with two attached hydrogens (primary N) is 1. The number of anilines is 2. The quantitative estimate of drug-likeness (QED) is 0.870. The maximum Gasteiger partial charge on any atom is 0.230 e. The van der Waals surface area contributed by atoms with Crippen molar-refractivity contribution in [2.45, 2.75) is 0 Å². The van der Waals surface area contributed by atoms with Crippen LogP contribution in [0.2, 0.25) is 0 Å². The highest BCUT2D eigenvalue weighted by Crippen LogP contribution is 2.20. The van der Waals surface area contributed by atoms with E-state index in [0.717, 1.165) is 6.07 Å². The lowest BCUT2D eigenvalue weighted by molar-refractivity contribution is 0.627. The Hall–Kier alpha value is -2.75. The second-order valence-electron chi connectivity index (χ2n) is 4.05. The second kappa shape index (κ2) is 4.86. The molecule has 0 unspecified atom stereocenters. The van der Waals surface area contributed by atoms with Crippen LogP contribution < -0.4 is 10.6 Å². The van der Waals surface area contributed by atoms with E-state index in [1.165, 1.54) is 12.1 Å². The number of nitrogens with zero attached hydrogens (tertiary/aromatic N) is 5. The van der Waals surface area contributed by atoms with Crippen LogP contribution in [-0.4, -0.2) is 29.0 Å². The predicted octanol–water partition coefficient (Wildman–Crippen LogP) is 1.20. The summed E-state index contributed by atoms with van der Waals surface area (Å²) < 4.78 is 13.4. The lowest BCUT2D eigenvalue weighted by Crippen LogP contribution is -2.15. The molecule has 2 aromatic rings. The van der Waals surface area contributed by atoms with Crippen LogP contribution in [0.1, 0.15) is 5.56 Å². The summed E-state index contributed by atoms with van der Waals surface area (Å²) in [6.45, 7) is 0. The number of nitrogen functional groups attached to an aromatic ring is 1. The van der Waals surface area contributed by atoms with Gasteiger partial charge in [0.15, 0.2) is 5.82 Å². The average molecular weight is 258 g/mol. The smallest absolute Gasteiger partial charge is 0.230 e. The van der Waals surface area contributed by atoms with Gasteiger partial charge < -0.3 is 10.6 Å². The van der Waals surface area contributed by atoms with E-state index in [9.17, 15) is 4.39 Å². The van der Waals surface area contributed by atoms with E-state index < -0.39 is 5.82 Å². The van der Waals surface area contributed by atoms with E-state index in [1.807, 2.05) is 6.07 Å². The lowest BCUT2D eigenvalue weighted by atomic mass is 10.1. The van der Waals surface area contributed by atoms with Crippen LogP contribution in [0.3, 0.4) is 0 Å². The summed E-state index contributed by atoms with van der Waals surface area (Å²) in [6, 6.07) is 5.76. The fourth-order valence-corrected chi connectivity index (χ4v) is 1.49. The number of aromatic nitrogens is 3. The molecule has 0 fully saturated rings. The Labute approximate surface area is 109 Å². The molecule has 1 heterocycles. The van der Waals surface area contributed by atoms with Gasteiger partial charge in [-0.3, -0.25) is 0 Å². The molecule has 0 aliphatic rings. The van der Waals surface area contributed by atoms with Crippen molar-refractivity contribution in [1.82, 2.24) is 15.0 Å². The van der Waals surface area contributed by atoms with E-state index in [0.29, 0.717) is 11.5 Å². The van der Waals surface area contributed by atoms with Crippen molar-refractivity contribution in [2.24, 2.45) is 0 Å². The van der Waals surface area contributed by atoms with E-state index >= 15 is 0 Å². The first kappa shape index (κ1) is 12.7. The number of hydrogen-bond donors (Lipinski definition) is 1. The van der Waals surface area contributed by atoms with Gasteiger partial charge in [0.2, 0.25) is 11.9 Å². The lowest BCUT2D eigenvalue weighted by Gasteiger charge is -2.11. The molecule has 0 aliphatic carbocycles. The molecule has 7 heteroatoms. The summed E-state index contributed by atoms with van der Waals surface area (Å²) in [4.78, 5) is 13.7. The molecule has 1 aromatic carbocycles. The summed E-state index contributed by atoms with van der Waals surface area (Å²) in [6.07, 6.45) is 0. The molecule has 0 radical (unpaired) electrons. The summed E-state index contributed by atoms with van der Waals surface area (Å²) in [5.41, 5.74) is 6.17. The summed E-state index contributed by atoms with van der Waals surface area (Å²) in [5.74, 6) is 0.105. The molecule has 0 spiro atoms. The van der Waals surface area contributed by atoms with Crippen LogP contribution in [-0.2, 0) is 0 Å².